The highest BCUT2D eigenvalue weighted by atomic mass is 15.1. The van der Waals surface area contributed by atoms with E-state index in [0.717, 1.165) is 18.6 Å². The molecule has 0 unspecified atom stereocenters. The fourth-order valence-corrected chi connectivity index (χ4v) is 2.84. The van der Waals surface area contributed by atoms with Crippen molar-refractivity contribution in [3.05, 3.63) is 36.0 Å². The molecule has 0 radical (unpaired) electrons. The van der Waals surface area contributed by atoms with E-state index in [1.54, 1.807) is 0 Å². The summed E-state index contributed by atoms with van der Waals surface area (Å²) >= 11 is 0. The number of fused-ring (bicyclic) bond motifs is 1. The molecule has 100 valence electrons. The highest BCUT2D eigenvalue weighted by molar-refractivity contribution is 5.82. The number of aromatic nitrogens is 1. The molecule has 2 aromatic rings. The molecule has 0 aliphatic carbocycles. The van der Waals surface area contributed by atoms with E-state index in [-0.39, 0.29) is 0 Å². The first-order valence-electron chi connectivity index (χ1n) is 7.04. The zero-order valence-electron chi connectivity index (χ0n) is 11.7. The van der Waals surface area contributed by atoms with E-state index in [1.807, 2.05) is 6.20 Å². The lowest BCUT2D eigenvalue weighted by molar-refractivity contribution is 0.443. The number of rotatable bonds is 2. The summed E-state index contributed by atoms with van der Waals surface area (Å²) < 4.78 is 0. The Labute approximate surface area is 114 Å². The topological polar surface area (TPSA) is 28.2 Å². The number of anilines is 1. The zero-order valence-corrected chi connectivity index (χ0v) is 11.7. The minimum absolute atomic E-state index is 0.630. The van der Waals surface area contributed by atoms with Crippen molar-refractivity contribution in [2.75, 3.05) is 25.0 Å². The summed E-state index contributed by atoms with van der Waals surface area (Å²) in [5, 5.41) is 4.65. The third kappa shape index (κ3) is 2.56. The Hall–Kier alpha value is -1.61. The molecule has 19 heavy (non-hydrogen) atoms. The summed E-state index contributed by atoms with van der Waals surface area (Å²) in [7, 11) is 2.19. The van der Waals surface area contributed by atoms with Crippen LogP contribution in [-0.4, -0.2) is 31.2 Å². The third-order valence-corrected chi connectivity index (χ3v) is 4.09. The van der Waals surface area contributed by atoms with Gasteiger partial charge in [-0.15, -0.1) is 0 Å². The minimum atomic E-state index is 0.630. The van der Waals surface area contributed by atoms with Crippen LogP contribution in [0.5, 0.6) is 0 Å². The standard InChI is InChI=1S/C16H21N3/c1-12-3-4-16-13(9-12)10-15(11-18-16)19(2)14-5-7-17-8-6-14/h3-4,9-11,14,17H,5-8H2,1-2H3. The van der Waals surface area contributed by atoms with Gasteiger partial charge in [0.2, 0.25) is 0 Å². The third-order valence-electron chi connectivity index (χ3n) is 4.09. The second kappa shape index (κ2) is 5.17. The number of aryl methyl sites for hydroxylation is 1. The van der Waals surface area contributed by atoms with Crippen LogP contribution >= 0.6 is 0 Å². The second-order valence-corrected chi connectivity index (χ2v) is 5.48. The van der Waals surface area contributed by atoms with Gasteiger partial charge < -0.3 is 10.2 Å². The van der Waals surface area contributed by atoms with E-state index in [0.29, 0.717) is 6.04 Å². The SMILES string of the molecule is Cc1ccc2ncc(N(C)C3CCNCC3)cc2c1. The highest BCUT2D eigenvalue weighted by Gasteiger charge is 2.18. The van der Waals surface area contributed by atoms with E-state index >= 15 is 0 Å². The Morgan fingerprint density at radius 1 is 1.21 bits per heavy atom. The molecular weight excluding hydrogens is 234 g/mol. The summed E-state index contributed by atoms with van der Waals surface area (Å²) in [5.74, 6) is 0. The molecule has 0 spiro atoms. The van der Waals surface area contributed by atoms with Crippen LogP contribution in [0, 0.1) is 6.92 Å². The molecule has 1 aromatic carbocycles. The summed E-state index contributed by atoms with van der Waals surface area (Å²) in [5.41, 5.74) is 3.59. The predicted molar refractivity (Wildman–Crippen MR) is 80.8 cm³/mol. The van der Waals surface area contributed by atoms with Crippen molar-refractivity contribution in [1.82, 2.24) is 10.3 Å². The van der Waals surface area contributed by atoms with Crippen molar-refractivity contribution in [3.8, 4) is 0 Å². The van der Waals surface area contributed by atoms with Gasteiger partial charge in [0.05, 0.1) is 17.4 Å². The molecule has 0 saturated carbocycles. The molecule has 3 nitrogen and oxygen atoms in total. The Kier molecular flexibility index (Phi) is 3.38. The largest absolute Gasteiger partial charge is 0.370 e. The molecular formula is C16H21N3. The zero-order chi connectivity index (χ0) is 13.2. The molecule has 1 N–H and O–H groups in total. The monoisotopic (exact) mass is 255 g/mol. The van der Waals surface area contributed by atoms with Crippen molar-refractivity contribution >= 4 is 16.6 Å². The summed E-state index contributed by atoms with van der Waals surface area (Å²) in [6.45, 7) is 4.37. The Bertz CT molecular complexity index is 573. The van der Waals surface area contributed by atoms with Crippen LogP contribution in [0.15, 0.2) is 30.5 Å². The van der Waals surface area contributed by atoms with Crippen LogP contribution < -0.4 is 10.2 Å². The lowest BCUT2D eigenvalue weighted by Crippen LogP contribution is -2.41. The van der Waals surface area contributed by atoms with E-state index in [1.165, 1.54) is 29.5 Å². The Morgan fingerprint density at radius 3 is 2.79 bits per heavy atom. The van der Waals surface area contributed by atoms with Crippen LogP contribution in [0.1, 0.15) is 18.4 Å². The van der Waals surface area contributed by atoms with Gasteiger partial charge in [-0.3, -0.25) is 4.98 Å². The van der Waals surface area contributed by atoms with Gasteiger partial charge in [-0.1, -0.05) is 11.6 Å². The van der Waals surface area contributed by atoms with Crippen molar-refractivity contribution < 1.29 is 0 Å². The summed E-state index contributed by atoms with van der Waals surface area (Å²) in [4.78, 5) is 6.97. The molecule has 0 bridgehead atoms. The molecule has 1 aliphatic rings. The van der Waals surface area contributed by atoms with Crippen LogP contribution in [0.4, 0.5) is 5.69 Å². The molecule has 1 saturated heterocycles. The van der Waals surface area contributed by atoms with Crippen LogP contribution in [0.25, 0.3) is 10.9 Å². The molecule has 3 heteroatoms. The lowest BCUT2D eigenvalue weighted by Gasteiger charge is -2.33. The van der Waals surface area contributed by atoms with Gasteiger partial charge in [0.15, 0.2) is 0 Å². The van der Waals surface area contributed by atoms with Crippen LogP contribution in [-0.2, 0) is 0 Å². The maximum atomic E-state index is 4.58. The fourth-order valence-electron chi connectivity index (χ4n) is 2.84. The van der Waals surface area contributed by atoms with Gasteiger partial charge >= 0.3 is 0 Å². The first-order valence-corrected chi connectivity index (χ1v) is 7.04. The van der Waals surface area contributed by atoms with Crippen LogP contribution in [0.3, 0.4) is 0 Å². The number of piperidine rings is 1. The molecule has 1 fully saturated rings. The molecule has 3 rings (SSSR count). The van der Waals surface area contributed by atoms with Crippen LogP contribution in [0.2, 0.25) is 0 Å². The number of nitrogens with one attached hydrogen (secondary N) is 1. The highest BCUT2D eigenvalue weighted by Crippen LogP contribution is 2.23. The van der Waals surface area contributed by atoms with Gasteiger partial charge in [-0.25, -0.2) is 0 Å². The van der Waals surface area contributed by atoms with Crippen molar-refractivity contribution in [3.63, 3.8) is 0 Å². The Balaban J connectivity index is 1.91. The van der Waals surface area contributed by atoms with Crippen molar-refractivity contribution in [2.24, 2.45) is 0 Å². The van der Waals surface area contributed by atoms with Gasteiger partial charge in [0.1, 0.15) is 0 Å². The van der Waals surface area contributed by atoms with E-state index in [9.17, 15) is 0 Å². The fraction of sp³-hybridized carbons (Fsp3) is 0.438. The molecule has 1 aromatic heterocycles. The quantitative estimate of drug-likeness (QED) is 0.894. The van der Waals surface area contributed by atoms with Gasteiger partial charge in [0.25, 0.3) is 0 Å². The smallest absolute Gasteiger partial charge is 0.0703 e. The number of pyridine rings is 1. The average molecular weight is 255 g/mol. The molecule has 1 aliphatic heterocycles. The first-order chi connectivity index (χ1) is 9.24. The first kappa shape index (κ1) is 12.4. The summed E-state index contributed by atoms with van der Waals surface area (Å²) in [6.07, 6.45) is 4.42. The molecule has 0 atom stereocenters. The maximum Gasteiger partial charge on any atom is 0.0703 e. The molecule has 2 heterocycles. The van der Waals surface area contributed by atoms with E-state index in [2.05, 4.69) is 53.4 Å². The predicted octanol–water partition coefficient (Wildman–Crippen LogP) is 2.73. The number of benzene rings is 1. The van der Waals surface area contributed by atoms with Crippen molar-refractivity contribution in [1.29, 1.82) is 0 Å². The second-order valence-electron chi connectivity index (χ2n) is 5.48. The lowest BCUT2D eigenvalue weighted by atomic mass is 10.0. The molecule has 0 amide bonds. The number of nitrogens with zero attached hydrogens (tertiary/aromatic N) is 2. The number of hydrogen-bond donors (Lipinski definition) is 1. The maximum absolute atomic E-state index is 4.58. The number of hydrogen-bond acceptors (Lipinski definition) is 3. The van der Waals surface area contributed by atoms with E-state index in [4.69, 9.17) is 0 Å². The van der Waals surface area contributed by atoms with Gasteiger partial charge in [-0.2, -0.15) is 0 Å². The minimum Gasteiger partial charge on any atom is -0.370 e. The van der Waals surface area contributed by atoms with E-state index < -0.39 is 0 Å². The normalized spacial score (nSPS) is 16.7. The average Bonchev–Trinajstić information content (AvgIpc) is 2.46. The summed E-state index contributed by atoms with van der Waals surface area (Å²) in [6, 6.07) is 9.31. The Morgan fingerprint density at radius 2 is 2.00 bits per heavy atom. The van der Waals surface area contributed by atoms with Gasteiger partial charge in [0, 0.05) is 18.5 Å². The van der Waals surface area contributed by atoms with Crippen molar-refractivity contribution in [2.45, 2.75) is 25.8 Å². The van der Waals surface area contributed by atoms with Gasteiger partial charge in [-0.05, 0) is 51.1 Å².